The second-order valence-corrected chi connectivity index (χ2v) is 5.65. The Hall–Kier alpha value is -2.44. The van der Waals surface area contributed by atoms with E-state index in [0.717, 1.165) is 37.0 Å². The molecule has 0 radical (unpaired) electrons. The minimum atomic E-state index is -0.239. The van der Waals surface area contributed by atoms with Gasteiger partial charge in [0, 0.05) is 32.3 Å². The summed E-state index contributed by atoms with van der Waals surface area (Å²) >= 11 is 0. The smallest absolute Gasteiger partial charge is 0.257 e. The fraction of sp³-hybridized carbons (Fsp3) is 0.500. The number of aromatic nitrogens is 2. The van der Waals surface area contributed by atoms with Gasteiger partial charge < -0.3 is 14.7 Å². The predicted octanol–water partition coefficient (Wildman–Crippen LogP) is 1.53. The van der Waals surface area contributed by atoms with Crippen LogP contribution in [0.25, 0.3) is 11.1 Å². The first-order valence-corrected chi connectivity index (χ1v) is 7.99. The topological polar surface area (TPSA) is 88.3 Å². The number of hydrogen-bond donors (Lipinski definition) is 1. The van der Waals surface area contributed by atoms with Gasteiger partial charge in [-0.3, -0.25) is 9.59 Å². The van der Waals surface area contributed by atoms with Crippen LogP contribution in [0.15, 0.2) is 16.8 Å². The van der Waals surface area contributed by atoms with E-state index in [9.17, 15) is 9.59 Å². The molecular weight excluding hydrogens is 296 g/mol. The van der Waals surface area contributed by atoms with Crippen molar-refractivity contribution < 1.29 is 14.1 Å². The molecule has 0 aliphatic carbocycles. The van der Waals surface area contributed by atoms with Crippen molar-refractivity contribution in [2.75, 3.05) is 19.6 Å². The number of fused-ring (bicyclic) bond motifs is 1. The molecule has 0 unspecified atom stereocenters. The van der Waals surface area contributed by atoms with Crippen molar-refractivity contribution in [2.24, 2.45) is 0 Å². The summed E-state index contributed by atoms with van der Waals surface area (Å²) in [4.78, 5) is 30.1. The van der Waals surface area contributed by atoms with Crippen LogP contribution >= 0.6 is 0 Å². The zero-order valence-electron chi connectivity index (χ0n) is 13.2. The maximum absolute atomic E-state index is 12.2. The van der Waals surface area contributed by atoms with E-state index < -0.39 is 0 Å². The molecule has 7 heteroatoms. The minimum Gasteiger partial charge on any atom is -0.351 e. The molecule has 2 aromatic rings. The number of hydrogen-bond acceptors (Lipinski definition) is 5. The molecule has 0 aromatic carbocycles. The van der Waals surface area contributed by atoms with Crippen LogP contribution in [-0.2, 0) is 11.2 Å². The fourth-order valence-corrected chi connectivity index (χ4v) is 2.77. The third kappa shape index (κ3) is 3.33. The molecule has 1 fully saturated rings. The Labute approximate surface area is 134 Å². The number of nitrogens with zero attached hydrogens (tertiary/aromatic N) is 3. The van der Waals surface area contributed by atoms with Crippen LogP contribution in [-0.4, -0.2) is 46.5 Å². The molecule has 2 amide bonds. The number of carbonyl (C=O) groups is 2. The van der Waals surface area contributed by atoms with Crippen LogP contribution in [0.4, 0.5) is 0 Å². The number of likely N-dealkylation sites (tertiary alicyclic amines) is 1. The summed E-state index contributed by atoms with van der Waals surface area (Å²) in [6, 6.07) is 1.73. The molecule has 2 aromatic heterocycles. The lowest BCUT2D eigenvalue weighted by Gasteiger charge is -2.15. The number of amides is 2. The highest BCUT2D eigenvalue weighted by Crippen LogP contribution is 2.18. The maximum Gasteiger partial charge on any atom is 0.257 e. The van der Waals surface area contributed by atoms with Crippen molar-refractivity contribution in [3.05, 3.63) is 23.5 Å². The Kier molecular flexibility index (Phi) is 4.55. The maximum atomic E-state index is 12.2. The van der Waals surface area contributed by atoms with Gasteiger partial charge in [0.25, 0.3) is 11.6 Å². The Morgan fingerprint density at radius 2 is 2.13 bits per heavy atom. The standard InChI is InChI=1S/C16H20N4O3/c1-2-13-12-9-11(10-18-16(12)23-19-13)15(22)17-6-5-14(21)20-7-3-4-8-20/h9-10H,2-8H2,1H3,(H,17,22). The van der Waals surface area contributed by atoms with Crippen LogP contribution in [0.1, 0.15) is 42.2 Å². The van der Waals surface area contributed by atoms with Crippen molar-refractivity contribution in [2.45, 2.75) is 32.6 Å². The summed E-state index contributed by atoms with van der Waals surface area (Å²) in [6.07, 6.45) is 4.65. The third-order valence-corrected chi connectivity index (χ3v) is 4.08. The van der Waals surface area contributed by atoms with Gasteiger partial charge in [0.1, 0.15) is 0 Å². The fourth-order valence-electron chi connectivity index (χ4n) is 2.77. The van der Waals surface area contributed by atoms with E-state index in [2.05, 4.69) is 15.5 Å². The molecule has 23 heavy (non-hydrogen) atoms. The normalized spacial score (nSPS) is 14.4. The average molecular weight is 316 g/mol. The Balaban J connectivity index is 1.58. The van der Waals surface area contributed by atoms with E-state index in [1.807, 2.05) is 11.8 Å². The molecule has 1 aliphatic rings. The molecule has 1 saturated heterocycles. The molecule has 3 rings (SSSR count). The van der Waals surface area contributed by atoms with Gasteiger partial charge >= 0.3 is 0 Å². The first-order chi connectivity index (χ1) is 11.2. The van der Waals surface area contributed by atoms with E-state index in [1.165, 1.54) is 6.20 Å². The van der Waals surface area contributed by atoms with E-state index in [4.69, 9.17) is 4.52 Å². The number of nitrogens with one attached hydrogen (secondary N) is 1. The number of carbonyl (C=O) groups excluding carboxylic acids is 2. The summed E-state index contributed by atoms with van der Waals surface area (Å²) in [7, 11) is 0. The molecule has 1 aliphatic heterocycles. The zero-order chi connectivity index (χ0) is 16.2. The molecule has 0 saturated carbocycles. The molecular formula is C16H20N4O3. The Morgan fingerprint density at radius 1 is 1.35 bits per heavy atom. The molecule has 0 spiro atoms. The highest BCUT2D eigenvalue weighted by Gasteiger charge is 2.18. The summed E-state index contributed by atoms with van der Waals surface area (Å²) in [5.41, 5.74) is 1.66. The summed E-state index contributed by atoms with van der Waals surface area (Å²) in [5.74, 6) is -0.138. The molecule has 3 heterocycles. The lowest BCUT2D eigenvalue weighted by Crippen LogP contribution is -2.32. The van der Waals surface area contributed by atoms with Crippen molar-refractivity contribution in [1.82, 2.24) is 20.4 Å². The van der Waals surface area contributed by atoms with Gasteiger partial charge in [0.05, 0.1) is 16.6 Å². The minimum absolute atomic E-state index is 0.101. The van der Waals surface area contributed by atoms with E-state index in [-0.39, 0.29) is 11.8 Å². The highest BCUT2D eigenvalue weighted by atomic mass is 16.5. The second kappa shape index (κ2) is 6.76. The first kappa shape index (κ1) is 15.5. The van der Waals surface area contributed by atoms with Gasteiger partial charge in [-0.1, -0.05) is 12.1 Å². The average Bonchev–Trinajstić information content (AvgIpc) is 3.23. The molecule has 122 valence electrons. The summed E-state index contributed by atoms with van der Waals surface area (Å²) in [6.45, 7) is 3.96. The van der Waals surface area contributed by atoms with Gasteiger partial charge in [-0.25, -0.2) is 4.98 Å². The van der Waals surface area contributed by atoms with Gasteiger partial charge in [-0.2, -0.15) is 0 Å². The van der Waals surface area contributed by atoms with E-state index >= 15 is 0 Å². The van der Waals surface area contributed by atoms with Crippen LogP contribution in [0.3, 0.4) is 0 Å². The number of pyridine rings is 1. The van der Waals surface area contributed by atoms with Crippen molar-refractivity contribution in [3.8, 4) is 0 Å². The van der Waals surface area contributed by atoms with Gasteiger partial charge in [0.15, 0.2) is 0 Å². The predicted molar refractivity (Wildman–Crippen MR) is 83.9 cm³/mol. The zero-order valence-corrected chi connectivity index (χ0v) is 13.2. The summed E-state index contributed by atoms with van der Waals surface area (Å²) in [5, 5.41) is 7.45. The van der Waals surface area contributed by atoms with Crippen molar-refractivity contribution in [3.63, 3.8) is 0 Å². The van der Waals surface area contributed by atoms with Gasteiger partial charge in [-0.15, -0.1) is 0 Å². The van der Waals surface area contributed by atoms with Gasteiger partial charge in [0.2, 0.25) is 5.91 Å². The Morgan fingerprint density at radius 3 is 2.87 bits per heavy atom. The molecule has 0 atom stereocenters. The number of aryl methyl sites for hydroxylation is 1. The molecule has 0 bridgehead atoms. The first-order valence-electron chi connectivity index (χ1n) is 7.99. The number of rotatable bonds is 5. The Bertz CT molecular complexity index is 719. The monoisotopic (exact) mass is 316 g/mol. The van der Waals surface area contributed by atoms with E-state index in [1.54, 1.807) is 6.07 Å². The van der Waals surface area contributed by atoms with Crippen LogP contribution in [0.5, 0.6) is 0 Å². The van der Waals surface area contributed by atoms with Crippen LogP contribution in [0.2, 0.25) is 0 Å². The van der Waals surface area contributed by atoms with E-state index in [0.29, 0.717) is 30.7 Å². The lowest BCUT2D eigenvalue weighted by molar-refractivity contribution is -0.129. The lowest BCUT2D eigenvalue weighted by atomic mass is 10.1. The SMILES string of the molecule is CCc1noc2ncc(C(=O)NCCC(=O)N3CCCC3)cc12. The van der Waals surface area contributed by atoms with Crippen LogP contribution in [0, 0.1) is 0 Å². The van der Waals surface area contributed by atoms with Crippen molar-refractivity contribution >= 4 is 22.9 Å². The van der Waals surface area contributed by atoms with Crippen molar-refractivity contribution in [1.29, 1.82) is 0 Å². The summed E-state index contributed by atoms with van der Waals surface area (Å²) < 4.78 is 5.10. The second-order valence-electron chi connectivity index (χ2n) is 5.65. The van der Waals surface area contributed by atoms with Crippen LogP contribution < -0.4 is 5.32 Å². The van der Waals surface area contributed by atoms with Gasteiger partial charge in [-0.05, 0) is 25.3 Å². The quantitative estimate of drug-likeness (QED) is 0.903. The highest BCUT2D eigenvalue weighted by molar-refractivity contribution is 5.97. The third-order valence-electron chi connectivity index (χ3n) is 4.08. The largest absolute Gasteiger partial charge is 0.351 e. The molecule has 1 N–H and O–H groups in total. The molecule has 7 nitrogen and oxygen atoms in total.